The van der Waals surface area contributed by atoms with Crippen molar-refractivity contribution in [2.24, 2.45) is 0 Å². The molecule has 1 heterocycles. The van der Waals surface area contributed by atoms with Gasteiger partial charge in [0.05, 0.1) is 12.5 Å². The summed E-state index contributed by atoms with van der Waals surface area (Å²) >= 11 is 0. The van der Waals surface area contributed by atoms with E-state index in [0.717, 1.165) is 11.1 Å². The van der Waals surface area contributed by atoms with Crippen molar-refractivity contribution in [2.75, 3.05) is 11.9 Å². The summed E-state index contributed by atoms with van der Waals surface area (Å²) in [6, 6.07) is 14.1. The van der Waals surface area contributed by atoms with Gasteiger partial charge in [-0.2, -0.15) is 0 Å². The number of carbonyl (C=O) groups is 3. The molecular formula is C22H23N3O3. The van der Waals surface area contributed by atoms with Gasteiger partial charge in [0.2, 0.25) is 11.8 Å². The number of nitrogens with one attached hydrogen (secondary N) is 2. The largest absolute Gasteiger partial charge is 0.352 e. The highest BCUT2D eigenvalue weighted by molar-refractivity contribution is 5.97. The molecule has 0 bridgehead atoms. The molecule has 0 aliphatic carbocycles. The Morgan fingerprint density at radius 3 is 2.61 bits per heavy atom. The Bertz CT molecular complexity index is 936. The van der Waals surface area contributed by atoms with Gasteiger partial charge < -0.3 is 15.5 Å². The Labute approximate surface area is 164 Å². The molecule has 0 fully saturated rings. The van der Waals surface area contributed by atoms with Crippen LogP contribution in [0.15, 0.2) is 54.7 Å². The number of nitrogens with zero attached hydrogens (tertiary/aromatic N) is 1. The molecule has 3 rings (SSSR count). The van der Waals surface area contributed by atoms with Crippen LogP contribution in [0.3, 0.4) is 0 Å². The summed E-state index contributed by atoms with van der Waals surface area (Å²) in [5, 5.41) is 5.57. The highest BCUT2D eigenvalue weighted by Gasteiger charge is 2.28. The number of amides is 3. The van der Waals surface area contributed by atoms with Gasteiger partial charge in [-0.15, -0.1) is 0 Å². The second kappa shape index (κ2) is 8.52. The Morgan fingerprint density at radius 1 is 1.07 bits per heavy atom. The van der Waals surface area contributed by atoms with Gasteiger partial charge in [0.15, 0.2) is 0 Å². The Morgan fingerprint density at radius 2 is 1.86 bits per heavy atom. The van der Waals surface area contributed by atoms with Crippen LogP contribution in [-0.4, -0.2) is 29.2 Å². The average molecular weight is 377 g/mol. The quantitative estimate of drug-likeness (QED) is 0.839. The summed E-state index contributed by atoms with van der Waals surface area (Å²) in [5.74, 6) is -0.538. The molecule has 3 amide bonds. The Balaban J connectivity index is 1.77. The first-order valence-corrected chi connectivity index (χ1v) is 9.23. The molecule has 2 aromatic carbocycles. The van der Waals surface area contributed by atoms with E-state index in [9.17, 15) is 14.4 Å². The van der Waals surface area contributed by atoms with Crippen molar-refractivity contribution in [3.63, 3.8) is 0 Å². The predicted molar refractivity (Wildman–Crippen MR) is 108 cm³/mol. The second-order valence-corrected chi connectivity index (χ2v) is 6.58. The molecule has 144 valence electrons. The van der Waals surface area contributed by atoms with Crippen molar-refractivity contribution >= 4 is 29.5 Å². The monoisotopic (exact) mass is 377 g/mol. The second-order valence-electron chi connectivity index (χ2n) is 6.58. The van der Waals surface area contributed by atoms with Gasteiger partial charge in [0.1, 0.15) is 0 Å². The maximum absolute atomic E-state index is 12.7. The van der Waals surface area contributed by atoms with Crippen molar-refractivity contribution in [3.05, 3.63) is 71.4 Å². The number of fused-ring (bicyclic) bond motifs is 1. The molecule has 2 aromatic rings. The molecule has 0 spiro atoms. The zero-order chi connectivity index (χ0) is 20.1. The van der Waals surface area contributed by atoms with Crippen LogP contribution < -0.4 is 10.6 Å². The number of carbonyl (C=O) groups excluding carboxylic acids is 3. The van der Waals surface area contributed by atoms with E-state index in [2.05, 4.69) is 10.6 Å². The van der Waals surface area contributed by atoms with E-state index in [1.54, 1.807) is 35.4 Å². The lowest BCUT2D eigenvalue weighted by Gasteiger charge is -2.32. The molecule has 0 aromatic heterocycles. The van der Waals surface area contributed by atoms with Gasteiger partial charge in [-0.25, -0.2) is 0 Å². The lowest BCUT2D eigenvalue weighted by atomic mass is 9.93. The summed E-state index contributed by atoms with van der Waals surface area (Å²) in [5.41, 5.74) is 2.96. The highest BCUT2D eigenvalue weighted by atomic mass is 16.2. The Kier molecular flexibility index (Phi) is 5.89. The van der Waals surface area contributed by atoms with Crippen LogP contribution in [-0.2, 0) is 9.59 Å². The normalized spacial score (nSPS) is 14.9. The van der Waals surface area contributed by atoms with Crippen molar-refractivity contribution in [2.45, 2.75) is 26.3 Å². The minimum absolute atomic E-state index is 0.117. The fraction of sp³-hybridized carbons (Fsp3) is 0.227. The molecular weight excluding hydrogens is 354 g/mol. The van der Waals surface area contributed by atoms with Gasteiger partial charge in [-0.1, -0.05) is 30.3 Å². The molecule has 28 heavy (non-hydrogen) atoms. The maximum atomic E-state index is 12.7. The van der Waals surface area contributed by atoms with Crippen LogP contribution in [0.4, 0.5) is 5.69 Å². The summed E-state index contributed by atoms with van der Waals surface area (Å²) in [6.07, 6.45) is 3.71. The summed E-state index contributed by atoms with van der Waals surface area (Å²) < 4.78 is 0. The van der Waals surface area contributed by atoms with Crippen LogP contribution in [0.25, 0.3) is 6.08 Å². The third-order valence-corrected chi connectivity index (χ3v) is 4.59. The van der Waals surface area contributed by atoms with E-state index in [1.807, 2.05) is 37.3 Å². The molecule has 0 radical (unpaired) electrons. The molecule has 2 N–H and O–H groups in total. The number of hydrogen-bond donors (Lipinski definition) is 2. The van der Waals surface area contributed by atoms with Crippen molar-refractivity contribution in [3.8, 4) is 0 Å². The molecule has 6 nitrogen and oxygen atoms in total. The zero-order valence-corrected chi connectivity index (χ0v) is 15.9. The smallest absolute Gasteiger partial charge is 0.251 e. The van der Waals surface area contributed by atoms with E-state index in [1.165, 1.54) is 6.92 Å². The first-order chi connectivity index (χ1) is 13.5. The molecule has 0 unspecified atom stereocenters. The maximum Gasteiger partial charge on any atom is 0.251 e. The van der Waals surface area contributed by atoms with Gasteiger partial charge in [-0.3, -0.25) is 14.4 Å². The van der Waals surface area contributed by atoms with E-state index in [4.69, 9.17) is 0 Å². The summed E-state index contributed by atoms with van der Waals surface area (Å²) in [6.45, 7) is 3.87. The van der Waals surface area contributed by atoms with Crippen LogP contribution in [0.5, 0.6) is 0 Å². The highest BCUT2D eigenvalue weighted by Crippen LogP contribution is 2.33. The molecule has 0 saturated heterocycles. The molecule has 1 aliphatic heterocycles. The van der Waals surface area contributed by atoms with E-state index >= 15 is 0 Å². The number of rotatable bonds is 5. The Hall–Kier alpha value is -3.41. The molecule has 0 saturated carbocycles. The molecule has 6 heteroatoms. The van der Waals surface area contributed by atoms with Gasteiger partial charge in [0.25, 0.3) is 5.91 Å². The topological polar surface area (TPSA) is 78.5 Å². The van der Waals surface area contributed by atoms with E-state index in [-0.39, 0.29) is 30.2 Å². The van der Waals surface area contributed by atoms with E-state index in [0.29, 0.717) is 17.8 Å². The predicted octanol–water partition coefficient (Wildman–Crippen LogP) is 3.34. The fourth-order valence-corrected chi connectivity index (χ4v) is 3.30. The van der Waals surface area contributed by atoms with Crippen molar-refractivity contribution < 1.29 is 14.4 Å². The number of benzene rings is 2. The lowest BCUT2D eigenvalue weighted by molar-refractivity contribution is -0.129. The molecule has 1 atom stereocenters. The van der Waals surface area contributed by atoms with Gasteiger partial charge in [-0.05, 0) is 42.3 Å². The fourth-order valence-electron chi connectivity index (χ4n) is 3.30. The van der Waals surface area contributed by atoms with Gasteiger partial charge >= 0.3 is 0 Å². The minimum Gasteiger partial charge on any atom is -0.352 e. The number of anilines is 1. The van der Waals surface area contributed by atoms with Crippen molar-refractivity contribution in [1.29, 1.82) is 0 Å². The summed E-state index contributed by atoms with van der Waals surface area (Å²) in [7, 11) is 0. The lowest BCUT2D eigenvalue weighted by Crippen LogP contribution is -2.33. The number of hydrogen-bond acceptors (Lipinski definition) is 3. The standard InChI is InChI=1S/C22H23N3O3/c1-3-23-22(28)17-8-6-9-18(13-17)24-21(27)14-20-19-10-5-4-7-16(19)11-12-25(20)15(2)26/h4-13,20H,3,14H2,1-2H3,(H,23,28)(H,24,27)/t20-/m0/s1. The SMILES string of the molecule is CCNC(=O)c1cccc(NC(=O)C[C@H]2c3ccccc3C=CN2C(C)=O)c1. The van der Waals surface area contributed by atoms with Crippen molar-refractivity contribution in [1.82, 2.24) is 10.2 Å². The van der Waals surface area contributed by atoms with Crippen LogP contribution >= 0.6 is 0 Å². The van der Waals surface area contributed by atoms with E-state index < -0.39 is 0 Å². The summed E-state index contributed by atoms with van der Waals surface area (Å²) in [4.78, 5) is 38.3. The molecule has 1 aliphatic rings. The third-order valence-electron chi connectivity index (χ3n) is 4.59. The zero-order valence-electron chi connectivity index (χ0n) is 15.9. The third kappa shape index (κ3) is 4.28. The average Bonchev–Trinajstić information content (AvgIpc) is 2.68. The first kappa shape index (κ1) is 19.4. The minimum atomic E-state index is -0.370. The van der Waals surface area contributed by atoms with Gasteiger partial charge in [0, 0.05) is 30.9 Å². The van der Waals surface area contributed by atoms with Crippen LogP contribution in [0, 0.1) is 0 Å². The van der Waals surface area contributed by atoms with Crippen LogP contribution in [0.1, 0.15) is 47.8 Å². The van der Waals surface area contributed by atoms with Crippen LogP contribution in [0.2, 0.25) is 0 Å². The first-order valence-electron chi connectivity index (χ1n) is 9.23.